The molecule has 4 nitrogen and oxygen atoms in total. The number of hydrogen-bond donors (Lipinski definition) is 1. The van der Waals surface area contributed by atoms with Crippen molar-refractivity contribution < 1.29 is 9.59 Å². The van der Waals surface area contributed by atoms with Crippen LogP contribution in [0.15, 0.2) is 24.3 Å². The van der Waals surface area contributed by atoms with Crippen LogP contribution in [0.25, 0.3) is 0 Å². The summed E-state index contributed by atoms with van der Waals surface area (Å²) in [5, 5.41) is 3.23. The molecule has 2 aliphatic rings. The molecule has 0 bridgehead atoms. The first-order valence-corrected chi connectivity index (χ1v) is 5.79. The molecule has 1 spiro atoms. The molecular weight excluding hydrogens is 216 g/mol. The van der Waals surface area contributed by atoms with Crippen molar-refractivity contribution in [2.75, 3.05) is 24.5 Å². The Morgan fingerprint density at radius 2 is 1.94 bits per heavy atom. The second-order valence-electron chi connectivity index (χ2n) is 4.97. The van der Waals surface area contributed by atoms with Gasteiger partial charge in [0, 0.05) is 42.7 Å². The van der Waals surface area contributed by atoms with Crippen molar-refractivity contribution >= 4 is 17.9 Å². The van der Waals surface area contributed by atoms with Crippen molar-refractivity contribution in [1.29, 1.82) is 0 Å². The second-order valence-corrected chi connectivity index (χ2v) is 4.97. The summed E-state index contributed by atoms with van der Waals surface area (Å²) in [6, 6.07) is 7.18. The van der Waals surface area contributed by atoms with Gasteiger partial charge in [-0.3, -0.25) is 9.59 Å². The Hall–Kier alpha value is -1.68. The number of anilines is 1. The Balaban J connectivity index is 1.83. The van der Waals surface area contributed by atoms with E-state index in [0.717, 1.165) is 31.6 Å². The molecule has 0 aromatic heterocycles. The van der Waals surface area contributed by atoms with Gasteiger partial charge in [0.05, 0.1) is 0 Å². The predicted molar refractivity (Wildman–Crippen MR) is 64.1 cm³/mol. The zero-order chi connectivity index (χ0) is 11.9. The minimum Gasteiger partial charge on any atom is -0.315 e. The van der Waals surface area contributed by atoms with Crippen LogP contribution in [0.4, 0.5) is 5.69 Å². The standard InChI is InChI=1S/C13H14N2O2/c16-6-10-1-3-11(4-2-10)15-9-13(5-12(15)17)7-14-8-13/h1-4,6,14H,5,7-9H2. The lowest BCUT2D eigenvalue weighted by Crippen LogP contribution is -2.54. The maximum Gasteiger partial charge on any atom is 0.227 e. The normalized spacial score (nSPS) is 21.6. The molecule has 0 saturated carbocycles. The SMILES string of the molecule is O=Cc1ccc(N2CC3(CNC3)CC2=O)cc1. The lowest BCUT2D eigenvalue weighted by atomic mass is 9.81. The molecule has 1 aromatic rings. The minimum absolute atomic E-state index is 0.153. The molecule has 1 aromatic carbocycles. The third kappa shape index (κ3) is 1.65. The highest BCUT2D eigenvalue weighted by molar-refractivity contribution is 5.96. The van der Waals surface area contributed by atoms with Crippen molar-refractivity contribution in [2.24, 2.45) is 5.41 Å². The maximum absolute atomic E-state index is 12.0. The van der Waals surface area contributed by atoms with E-state index in [1.54, 1.807) is 12.1 Å². The van der Waals surface area contributed by atoms with Gasteiger partial charge in [-0.2, -0.15) is 0 Å². The van der Waals surface area contributed by atoms with Crippen LogP contribution in [-0.2, 0) is 4.79 Å². The van der Waals surface area contributed by atoms with E-state index >= 15 is 0 Å². The van der Waals surface area contributed by atoms with E-state index < -0.39 is 0 Å². The first kappa shape index (κ1) is 10.5. The maximum atomic E-state index is 12.0. The summed E-state index contributed by atoms with van der Waals surface area (Å²) in [6.07, 6.45) is 1.45. The molecule has 88 valence electrons. The Kier molecular flexibility index (Phi) is 2.26. The molecular formula is C13H14N2O2. The quantitative estimate of drug-likeness (QED) is 0.765. The molecule has 0 unspecified atom stereocenters. The first-order chi connectivity index (χ1) is 8.22. The molecule has 1 N–H and O–H groups in total. The lowest BCUT2D eigenvalue weighted by Gasteiger charge is -2.38. The molecule has 17 heavy (non-hydrogen) atoms. The predicted octanol–water partition coefficient (Wildman–Crippen LogP) is 0.825. The average molecular weight is 230 g/mol. The highest BCUT2D eigenvalue weighted by Crippen LogP contribution is 2.37. The summed E-state index contributed by atoms with van der Waals surface area (Å²) in [5.74, 6) is 0.186. The van der Waals surface area contributed by atoms with Gasteiger partial charge < -0.3 is 10.2 Å². The van der Waals surface area contributed by atoms with Crippen molar-refractivity contribution in [3.8, 4) is 0 Å². The molecule has 0 aliphatic carbocycles. The summed E-state index contributed by atoms with van der Waals surface area (Å²) in [4.78, 5) is 24.4. The van der Waals surface area contributed by atoms with Crippen LogP contribution >= 0.6 is 0 Å². The van der Waals surface area contributed by atoms with Crippen molar-refractivity contribution in [1.82, 2.24) is 5.32 Å². The van der Waals surface area contributed by atoms with E-state index in [2.05, 4.69) is 5.32 Å². The van der Waals surface area contributed by atoms with Crippen molar-refractivity contribution in [2.45, 2.75) is 6.42 Å². The number of rotatable bonds is 2. The number of carbonyl (C=O) groups excluding carboxylic acids is 2. The van der Waals surface area contributed by atoms with Crippen LogP contribution < -0.4 is 10.2 Å². The third-order valence-corrected chi connectivity index (χ3v) is 3.66. The van der Waals surface area contributed by atoms with Crippen LogP contribution in [0.1, 0.15) is 16.8 Å². The van der Waals surface area contributed by atoms with Crippen LogP contribution in [0, 0.1) is 5.41 Å². The smallest absolute Gasteiger partial charge is 0.227 e. The third-order valence-electron chi connectivity index (χ3n) is 3.66. The molecule has 2 aliphatic heterocycles. The topological polar surface area (TPSA) is 49.4 Å². The molecule has 1 amide bonds. The Labute approximate surface area is 99.6 Å². The van der Waals surface area contributed by atoms with Gasteiger partial charge in [-0.1, -0.05) is 0 Å². The number of benzene rings is 1. The van der Waals surface area contributed by atoms with E-state index in [4.69, 9.17) is 0 Å². The van der Waals surface area contributed by atoms with Gasteiger partial charge in [-0.15, -0.1) is 0 Å². The van der Waals surface area contributed by atoms with E-state index in [1.807, 2.05) is 17.0 Å². The van der Waals surface area contributed by atoms with Crippen molar-refractivity contribution in [3.63, 3.8) is 0 Å². The summed E-state index contributed by atoms with van der Waals surface area (Å²) in [6.45, 7) is 2.66. The molecule has 2 saturated heterocycles. The molecule has 2 heterocycles. The zero-order valence-corrected chi connectivity index (χ0v) is 9.48. The average Bonchev–Trinajstić information content (AvgIpc) is 2.67. The number of amides is 1. The monoisotopic (exact) mass is 230 g/mol. The highest BCUT2D eigenvalue weighted by Gasteiger charge is 2.47. The van der Waals surface area contributed by atoms with E-state index in [0.29, 0.717) is 12.0 Å². The molecule has 4 heteroatoms. The van der Waals surface area contributed by atoms with Gasteiger partial charge in [-0.25, -0.2) is 0 Å². The number of hydrogen-bond acceptors (Lipinski definition) is 3. The van der Waals surface area contributed by atoms with Gasteiger partial charge in [0.2, 0.25) is 5.91 Å². The molecule has 3 rings (SSSR count). The molecule has 0 radical (unpaired) electrons. The van der Waals surface area contributed by atoms with Crippen LogP contribution in [0.5, 0.6) is 0 Å². The van der Waals surface area contributed by atoms with Crippen molar-refractivity contribution in [3.05, 3.63) is 29.8 Å². The molecule has 0 atom stereocenters. The van der Waals surface area contributed by atoms with E-state index in [-0.39, 0.29) is 11.3 Å². The largest absolute Gasteiger partial charge is 0.315 e. The van der Waals surface area contributed by atoms with Gasteiger partial charge in [-0.05, 0) is 24.3 Å². The van der Waals surface area contributed by atoms with Gasteiger partial charge >= 0.3 is 0 Å². The summed E-state index contributed by atoms with van der Waals surface area (Å²) < 4.78 is 0. The fourth-order valence-corrected chi connectivity index (χ4v) is 2.58. The van der Waals surface area contributed by atoms with E-state index in [9.17, 15) is 9.59 Å². The Morgan fingerprint density at radius 1 is 1.24 bits per heavy atom. The number of nitrogens with zero attached hydrogens (tertiary/aromatic N) is 1. The lowest BCUT2D eigenvalue weighted by molar-refractivity contribution is -0.118. The number of carbonyl (C=O) groups is 2. The van der Waals surface area contributed by atoms with Crippen LogP contribution in [-0.4, -0.2) is 31.8 Å². The fourth-order valence-electron chi connectivity index (χ4n) is 2.58. The summed E-state index contributed by atoms with van der Waals surface area (Å²) >= 11 is 0. The highest BCUT2D eigenvalue weighted by atomic mass is 16.2. The molecule has 2 fully saturated rings. The second kappa shape index (κ2) is 3.67. The van der Waals surface area contributed by atoms with E-state index in [1.165, 1.54) is 0 Å². The minimum atomic E-state index is 0.153. The first-order valence-electron chi connectivity index (χ1n) is 5.79. The van der Waals surface area contributed by atoms with Gasteiger partial charge in [0.25, 0.3) is 0 Å². The van der Waals surface area contributed by atoms with Gasteiger partial charge in [0.15, 0.2) is 0 Å². The number of nitrogens with one attached hydrogen (secondary N) is 1. The Morgan fingerprint density at radius 3 is 2.41 bits per heavy atom. The van der Waals surface area contributed by atoms with Gasteiger partial charge in [0.1, 0.15) is 6.29 Å². The Bertz CT molecular complexity index is 463. The zero-order valence-electron chi connectivity index (χ0n) is 9.48. The van der Waals surface area contributed by atoms with Crippen LogP contribution in [0.3, 0.4) is 0 Å². The fraction of sp³-hybridized carbons (Fsp3) is 0.385. The summed E-state index contributed by atoms with van der Waals surface area (Å²) in [5.41, 5.74) is 1.69. The van der Waals surface area contributed by atoms with Crippen LogP contribution in [0.2, 0.25) is 0 Å². The summed E-state index contributed by atoms with van der Waals surface area (Å²) in [7, 11) is 0. The number of aldehydes is 1.